The van der Waals surface area contributed by atoms with Crippen molar-refractivity contribution < 1.29 is 23.1 Å². The van der Waals surface area contributed by atoms with Crippen LogP contribution in [0.25, 0.3) is 0 Å². The molecule has 3 rings (SSSR count). The van der Waals surface area contributed by atoms with Crippen LogP contribution < -0.4 is 0 Å². The third kappa shape index (κ3) is 2.17. The van der Waals surface area contributed by atoms with Crippen LogP contribution in [0.1, 0.15) is 23.4 Å². The lowest BCUT2D eigenvalue weighted by Crippen LogP contribution is -2.55. The number of rotatable bonds is 1. The van der Waals surface area contributed by atoms with Crippen LogP contribution in [0.5, 0.6) is 0 Å². The Morgan fingerprint density at radius 2 is 2.10 bits per heavy atom. The van der Waals surface area contributed by atoms with Crippen LogP contribution in [-0.4, -0.2) is 45.3 Å². The first-order chi connectivity index (χ1) is 9.36. The predicted octanol–water partition coefficient (Wildman–Crippen LogP) is 0.736. The molecule has 2 N–H and O–H groups in total. The van der Waals surface area contributed by atoms with Crippen LogP contribution in [0.4, 0.5) is 13.2 Å². The van der Waals surface area contributed by atoms with E-state index in [1.165, 1.54) is 4.90 Å². The van der Waals surface area contributed by atoms with E-state index in [1.54, 1.807) is 0 Å². The van der Waals surface area contributed by atoms with E-state index < -0.39 is 23.9 Å². The molecule has 1 aliphatic heterocycles. The number of aliphatic hydroxyl groups is 1. The summed E-state index contributed by atoms with van der Waals surface area (Å²) in [6.45, 7) is 0.555. The SMILES string of the molecule is O=C(C1CCc2[nH]nc(C(F)(F)F)c2C1)N1CC(O)C1. The van der Waals surface area contributed by atoms with Gasteiger partial charge in [0.1, 0.15) is 0 Å². The number of likely N-dealkylation sites (tertiary alicyclic amines) is 1. The predicted molar refractivity (Wildman–Crippen MR) is 61.7 cm³/mol. The van der Waals surface area contributed by atoms with Gasteiger partial charge in [0.15, 0.2) is 5.69 Å². The highest BCUT2D eigenvalue weighted by Crippen LogP contribution is 2.36. The van der Waals surface area contributed by atoms with Crippen molar-refractivity contribution in [2.75, 3.05) is 13.1 Å². The Balaban J connectivity index is 1.77. The molecule has 1 atom stereocenters. The highest BCUT2D eigenvalue weighted by molar-refractivity contribution is 5.80. The van der Waals surface area contributed by atoms with E-state index in [4.69, 9.17) is 0 Å². The molecule has 0 bridgehead atoms. The molecule has 2 aliphatic rings. The molecule has 5 nitrogen and oxygen atoms in total. The second-order valence-corrected chi connectivity index (χ2v) is 5.36. The van der Waals surface area contributed by atoms with Gasteiger partial charge < -0.3 is 10.0 Å². The number of aromatic nitrogens is 2. The number of aliphatic hydroxyl groups excluding tert-OH is 1. The van der Waals surface area contributed by atoms with Gasteiger partial charge in [0, 0.05) is 30.3 Å². The summed E-state index contributed by atoms with van der Waals surface area (Å²) in [4.78, 5) is 13.6. The molecule has 2 heterocycles. The van der Waals surface area contributed by atoms with Crippen LogP contribution in [0.3, 0.4) is 0 Å². The zero-order valence-electron chi connectivity index (χ0n) is 10.6. The van der Waals surface area contributed by atoms with Crippen molar-refractivity contribution in [2.45, 2.75) is 31.5 Å². The van der Waals surface area contributed by atoms with Gasteiger partial charge in [-0.3, -0.25) is 9.89 Å². The molecular weight excluding hydrogens is 275 g/mol. The Morgan fingerprint density at radius 1 is 1.40 bits per heavy atom. The molecule has 0 spiro atoms. The number of H-pyrrole nitrogens is 1. The Bertz CT molecular complexity index is 535. The number of aryl methyl sites for hydroxylation is 1. The largest absolute Gasteiger partial charge is 0.435 e. The van der Waals surface area contributed by atoms with Crippen LogP contribution in [-0.2, 0) is 23.8 Å². The van der Waals surface area contributed by atoms with Gasteiger partial charge in [-0.05, 0) is 19.3 Å². The third-order valence-corrected chi connectivity index (χ3v) is 3.94. The van der Waals surface area contributed by atoms with Gasteiger partial charge in [-0.1, -0.05) is 0 Å². The molecule has 0 aromatic carbocycles. The van der Waals surface area contributed by atoms with E-state index in [0.717, 1.165) is 0 Å². The van der Waals surface area contributed by atoms with Gasteiger partial charge in [0.25, 0.3) is 0 Å². The van der Waals surface area contributed by atoms with Gasteiger partial charge in [0.05, 0.1) is 6.10 Å². The first kappa shape index (κ1) is 13.4. The molecule has 1 amide bonds. The fourth-order valence-electron chi connectivity index (χ4n) is 2.83. The molecular formula is C12H14F3N3O2. The number of carbonyl (C=O) groups is 1. The fraction of sp³-hybridized carbons (Fsp3) is 0.667. The van der Waals surface area contributed by atoms with E-state index in [0.29, 0.717) is 18.5 Å². The van der Waals surface area contributed by atoms with Gasteiger partial charge in [0.2, 0.25) is 5.91 Å². The Kier molecular flexibility index (Phi) is 3.00. The van der Waals surface area contributed by atoms with Crippen molar-refractivity contribution in [3.05, 3.63) is 17.0 Å². The molecule has 110 valence electrons. The molecule has 1 aromatic rings. The highest BCUT2D eigenvalue weighted by Gasteiger charge is 2.42. The number of carbonyl (C=O) groups excluding carboxylic acids is 1. The summed E-state index contributed by atoms with van der Waals surface area (Å²) >= 11 is 0. The van der Waals surface area contributed by atoms with Crippen molar-refractivity contribution >= 4 is 5.91 Å². The smallest absolute Gasteiger partial charge is 0.389 e. The maximum absolute atomic E-state index is 12.8. The lowest BCUT2D eigenvalue weighted by atomic mass is 9.84. The number of alkyl halides is 3. The summed E-state index contributed by atoms with van der Waals surface area (Å²) in [6.07, 6.45) is -4.03. The van der Waals surface area contributed by atoms with Crippen LogP contribution >= 0.6 is 0 Å². The Hall–Kier alpha value is -1.57. The minimum absolute atomic E-state index is 0.0616. The molecule has 0 saturated carbocycles. The number of fused-ring (bicyclic) bond motifs is 1. The second-order valence-electron chi connectivity index (χ2n) is 5.36. The van der Waals surface area contributed by atoms with Crippen molar-refractivity contribution in [3.63, 3.8) is 0 Å². The van der Waals surface area contributed by atoms with Crippen molar-refractivity contribution in [3.8, 4) is 0 Å². The topological polar surface area (TPSA) is 69.2 Å². The number of nitrogens with one attached hydrogen (secondary N) is 1. The number of amides is 1. The Morgan fingerprint density at radius 3 is 2.70 bits per heavy atom. The molecule has 1 saturated heterocycles. The van der Waals surface area contributed by atoms with Crippen molar-refractivity contribution in [2.24, 2.45) is 5.92 Å². The number of β-amino-alcohol motifs (C(OH)–C–C–N with tert-alkyl or cyclic N) is 1. The number of hydrogen-bond donors (Lipinski definition) is 2. The van der Waals surface area contributed by atoms with Gasteiger partial charge in [-0.15, -0.1) is 0 Å². The number of nitrogens with zero attached hydrogens (tertiary/aromatic N) is 2. The molecule has 20 heavy (non-hydrogen) atoms. The first-order valence-electron chi connectivity index (χ1n) is 6.46. The summed E-state index contributed by atoms with van der Waals surface area (Å²) in [5, 5.41) is 14.9. The molecule has 1 fully saturated rings. The summed E-state index contributed by atoms with van der Waals surface area (Å²) in [6, 6.07) is 0. The van der Waals surface area contributed by atoms with E-state index in [9.17, 15) is 23.1 Å². The quantitative estimate of drug-likeness (QED) is 0.801. The zero-order valence-corrected chi connectivity index (χ0v) is 10.6. The number of halogens is 3. The minimum Gasteiger partial charge on any atom is -0.389 e. The van der Waals surface area contributed by atoms with E-state index >= 15 is 0 Å². The monoisotopic (exact) mass is 289 g/mol. The fourth-order valence-corrected chi connectivity index (χ4v) is 2.83. The number of hydrogen-bond acceptors (Lipinski definition) is 3. The number of aromatic amines is 1. The summed E-state index contributed by atoms with van der Waals surface area (Å²) < 4.78 is 38.4. The lowest BCUT2D eigenvalue weighted by molar-refractivity contribution is -0.147. The maximum atomic E-state index is 12.8. The molecule has 1 aromatic heterocycles. The van der Waals surface area contributed by atoms with Crippen LogP contribution in [0.2, 0.25) is 0 Å². The third-order valence-electron chi connectivity index (χ3n) is 3.94. The van der Waals surface area contributed by atoms with Gasteiger partial charge in [-0.25, -0.2) is 0 Å². The average molecular weight is 289 g/mol. The van der Waals surface area contributed by atoms with Crippen LogP contribution in [0.15, 0.2) is 0 Å². The zero-order chi connectivity index (χ0) is 14.5. The van der Waals surface area contributed by atoms with Crippen molar-refractivity contribution in [1.82, 2.24) is 15.1 Å². The molecule has 1 unspecified atom stereocenters. The summed E-state index contributed by atoms with van der Waals surface area (Å²) in [5.41, 5.74) is -0.318. The second kappa shape index (κ2) is 4.47. The van der Waals surface area contributed by atoms with E-state index in [2.05, 4.69) is 10.2 Å². The molecule has 1 aliphatic carbocycles. The Labute approximate surface area is 112 Å². The van der Waals surface area contributed by atoms with E-state index in [1.807, 2.05) is 0 Å². The lowest BCUT2D eigenvalue weighted by Gasteiger charge is -2.38. The van der Waals surface area contributed by atoms with E-state index in [-0.39, 0.29) is 31.0 Å². The minimum atomic E-state index is -4.50. The van der Waals surface area contributed by atoms with Gasteiger partial charge >= 0.3 is 6.18 Å². The summed E-state index contributed by atoms with van der Waals surface area (Å²) in [7, 11) is 0. The maximum Gasteiger partial charge on any atom is 0.435 e. The summed E-state index contributed by atoms with van der Waals surface area (Å²) in [5.74, 6) is -0.621. The van der Waals surface area contributed by atoms with Crippen LogP contribution in [0, 0.1) is 5.92 Å². The molecule has 8 heteroatoms. The highest BCUT2D eigenvalue weighted by atomic mass is 19.4. The molecule has 0 radical (unpaired) electrons. The van der Waals surface area contributed by atoms with Gasteiger partial charge in [-0.2, -0.15) is 18.3 Å². The standard InChI is InChI=1S/C12H14F3N3O2/c13-12(14,15)10-8-3-6(1-2-9(8)16-17-10)11(20)18-4-7(19)5-18/h6-7,19H,1-5H2,(H,16,17). The first-order valence-corrected chi connectivity index (χ1v) is 6.46. The normalized spacial score (nSPS) is 23.4. The average Bonchev–Trinajstić information content (AvgIpc) is 2.76. The van der Waals surface area contributed by atoms with Crippen molar-refractivity contribution in [1.29, 1.82) is 0 Å².